The summed E-state index contributed by atoms with van der Waals surface area (Å²) in [6.07, 6.45) is 7.35. The van der Waals surface area contributed by atoms with E-state index in [1.807, 2.05) is 18.2 Å². The molecule has 1 aliphatic heterocycles. The number of hydrogen-bond acceptors (Lipinski definition) is 4. The monoisotopic (exact) mass is 308 g/mol. The van der Waals surface area contributed by atoms with Crippen LogP contribution in [-0.2, 0) is 9.84 Å². The summed E-state index contributed by atoms with van der Waals surface area (Å²) in [6.45, 7) is 1.99. The van der Waals surface area contributed by atoms with Crippen LogP contribution in [0.15, 0.2) is 29.2 Å². The molecular formula is C16H24N2O2S. The molecule has 21 heavy (non-hydrogen) atoms. The Morgan fingerprint density at radius 3 is 2.57 bits per heavy atom. The molecule has 0 radical (unpaired) electrons. The molecule has 2 aliphatic rings. The van der Waals surface area contributed by atoms with Crippen LogP contribution in [0.2, 0.25) is 0 Å². The van der Waals surface area contributed by atoms with E-state index in [9.17, 15) is 8.42 Å². The molecule has 116 valence electrons. The zero-order valence-electron chi connectivity index (χ0n) is 12.6. The van der Waals surface area contributed by atoms with E-state index in [0.29, 0.717) is 17.0 Å². The summed E-state index contributed by atoms with van der Waals surface area (Å²) < 4.78 is 24.1. The van der Waals surface area contributed by atoms with Gasteiger partial charge in [-0.15, -0.1) is 0 Å². The van der Waals surface area contributed by atoms with Crippen molar-refractivity contribution < 1.29 is 8.42 Å². The van der Waals surface area contributed by atoms with E-state index in [1.54, 1.807) is 6.07 Å². The largest absolute Gasteiger partial charge is 0.366 e. The van der Waals surface area contributed by atoms with E-state index in [1.165, 1.54) is 38.4 Å². The van der Waals surface area contributed by atoms with Gasteiger partial charge in [-0.2, -0.15) is 0 Å². The Morgan fingerprint density at radius 1 is 1.19 bits per heavy atom. The van der Waals surface area contributed by atoms with Crippen LogP contribution in [0.5, 0.6) is 0 Å². The Morgan fingerprint density at radius 2 is 1.95 bits per heavy atom. The van der Waals surface area contributed by atoms with Crippen LogP contribution in [0.1, 0.15) is 32.1 Å². The van der Waals surface area contributed by atoms with E-state index in [4.69, 9.17) is 0 Å². The van der Waals surface area contributed by atoms with Gasteiger partial charge in [-0.1, -0.05) is 18.6 Å². The maximum absolute atomic E-state index is 12.1. The second-order valence-corrected chi connectivity index (χ2v) is 8.25. The molecule has 0 amide bonds. The minimum Gasteiger partial charge on any atom is -0.366 e. The average molecular weight is 308 g/mol. The van der Waals surface area contributed by atoms with E-state index < -0.39 is 9.84 Å². The molecule has 3 rings (SSSR count). The van der Waals surface area contributed by atoms with Gasteiger partial charge in [-0.05, 0) is 44.4 Å². The van der Waals surface area contributed by atoms with Crippen molar-refractivity contribution in [2.45, 2.75) is 49.1 Å². The molecule has 1 heterocycles. The van der Waals surface area contributed by atoms with E-state index >= 15 is 0 Å². The zero-order chi connectivity index (χ0) is 14.9. The summed E-state index contributed by atoms with van der Waals surface area (Å²) in [5.74, 6) is 0. The third-order valence-corrected chi connectivity index (χ3v) is 5.54. The Hall–Kier alpha value is -1.07. The van der Waals surface area contributed by atoms with Gasteiger partial charge in [0.25, 0.3) is 0 Å². The van der Waals surface area contributed by atoms with Crippen LogP contribution >= 0.6 is 0 Å². The first-order chi connectivity index (χ1) is 10.1. The quantitative estimate of drug-likeness (QED) is 0.906. The van der Waals surface area contributed by atoms with Gasteiger partial charge in [0.1, 0.15) is 0 Å². The van der Waals surface area contributed by atoms with Crippen molar-refractivity contribution in [3.8, 4) is 0 Å². The number of hydrogen-bond donors (Lipinski definition) is 1. The fourth-order valence-electron chi connectivity index (χ4n) is 3.16. The van der Waals surface area contributed by atoms with Crippen LogP contribution in [0.3, 0.4) is 0 Å². The highest BCUT2D eigenvalue weighted by Gasteiger charge is 2.33. The lowest BCUT2D eigenvalue weighted by Crippen LogP contribution is -2.44. The number of rotatable bonds is 5. The van der Waals surface area contributed by atoms with E-state index in [2.05, 4.69) is 10.2 Å². The summed E-state index contributed by atoms with van der Waals surface area (Å²) in [7, 11) is -3.19. The molecule has 1 saturated heterocycles. The van der Waals surface area contributed by atoms with Gasteiger partial charge in [0.05, 0.1) is 10.6 Å². The van der Waals surface area contributed by atoms with Gasteiger partial charge >= 0.3 is 0 Å². The van der Waals surface area contributed by atoms with Gasteiger partial charge in [0.2, 0.25) is 0 Å². The standard InChI is InChI=1S/C16H24N2O2S/c1-21(19,20)16-8-3-2-7-15(16)18(14-9-10-14)12-13-6-4-5-11-17-13/h2-3,7-8,13-14,17H,4-6,9-12H2,1H3. The summed E-state index contributed by atoms with van der Waals surface area (Å²) in [4.78, 5) is 2.78. The first-order valence-electron chi connectivity index (χ1n) is 7.85. The van der Waals surface area contributed by atoms with Crippen molar-refractivity contribution >= 4 is 15.5 Å². The first-order valence-corrected chi connectivity index (χ1v) is 9.74. The summed E-state index contributed by atoms with van der Waals surface area (Å²) in [5, 5.41) is 3.57. The molecule has 0 aromatic heterocycles. The lowest BCUT2D eigenvalue weighted by Gasteiger charge is -2.33. The van der Waals surface area contributed by atoms with Crippen molar-refractivity contribution in [2.75, 3.05) is 24.2 Å². The highest BCUT2D eigenvalue weighted by molar-refractivity contribution is 7.90. The van der Waals surface area contributed by atoms with Gasteiger partial charge in [0, 0.05) is 24.9 Å². The summed E-state index contributed by atoms with van der Waals surface area (Å²) in [6, 6.07) is 8.42. The van der Waals surface area contributed by atoms with Crippen LogP contribution in [0, 0.1) is 0 Å². The van der Waals surface area contributed by atoms with Crippen molar-refractivity contribution in [2.24, 2.45) is 0 Å². The molecule has 1 atom stereocenters. The minimum absolute atomic E-state index is 0.465. The minimum atomic E-state index is -3.19. The molecule has 4 nitrogen and oxygen atoms in total. The van der Waals surface area contributed by atoms with Crippen molar-refractivity contribution in [1.82, 2.24) is 5.32 Å². The Bertz CT molecular complexity index is 590. The lowest BCUT2D eigenvalue weighted by atomic mass is 10.0. The molecule has 0 bridgehead atoms. The predicted octanol–water partition coefficient (Wildman–Crippen LogP) is 2.20. The highest BCUT2D eigenvalue weighted by atomic mass is 32.2. The van der Waals surface area contributed by atoms with Gasteiger partial charge in [-0.3, -0.25) is 0 Å². The number of anilines is 1. The van der Waals surface area contributed by atoms with Crippen LogP contribution in [-0.4, -0.2) is 39.8 Å². The van der Waals surface area contributed by atoms with Crippen LogP contribution in [0.25, 0.3) is 0 Å². The summed E-state index contributed by atoms with van der Waals surface area (Å²) in [5.41, 5.74) is 0.884. The molecule has 0 spiro atoms. The molecule has 1 unspecified atom stereocenters. The van der Waals surface area contributed by atoms with Gasteiger partial charge < -0.3 is 10.2 Å². The maximum atomic E-state index is 12.1. The topological polar surface area (TPSA) is 49.4 Å². The zero-order valence-corrected chi connectivity index (χ0v) is 13.4. The fourth-order valence-corrected chi connectivity index (χ4v) is 4.05. The second kappa shape index (κ2) is 5.97. The average Bonchev–Trinajstić information content (AvgIpc) is 3.30. The third kappa shape index (κ3) is 3.58. The lowest BCUT2D eigenvalue weighted by molar-refractivity contribution is 0.398. The Balaban J connectivity index is 1.87. The van der Waals surface area contributed by atoms with Gasteiger partial charge in [-0.25, -0.2) is 8.42 Å². The molecule has 1 aliphatic carbocycles. The number of benzene rings is 1. The summed E-state index contributed by atoms with van der Waals surface area (Å²) >= 11 is 0. The number of nitrogens with one attached hydrogen (secondary N) is 1. The molecule has 5 heteroatoms. The van der Waals surface area contributed by atoms with E-state index in [0.717, 1.165) is 18.8 Å². The number of nitrogens with zero attached hydrogens (tertiary/aromatic N) is 1. The Labute approximate surface area is 127 Å². The first kappa shape index (κ1) is 14.9. The molecular weight excluding hydrogens is 284 g/mol. The maximum Gasteiger partial charge on any atom is 0.177 e. The van der Waals surface area contributed by atoms with Crippen molar-refractivity contribution in [3.05, 3.63) is 24.3 Å². The molecule has 1 saturated carbocycles. The third-order valence-electron chi connectivity index (χ3n) is 4.39. The van der Waals surface area contributed by atoms with Crippen LogP contribution < -0.4 is 10.2 Å². The van der Waals surface area contributed by atoms with Gasteiger partial charge in [0.15, 0.2) is 9.84 Å². The molecule has 2 fully saturated rings. The predicted molar refractivity (Wildman–Crippen MR) is 85.6 cm³/mol. The normalized spacial score (nSPS) is 23.0. The highest BCUT2D eigenvalue weighted by Crippen LogP contribution is 2.35. The smallest absolute Gasteiger partial charge is 0.177 e. The molecule has 1 aromatic rings. The van der Waals surface area contributed by atoms with Crippen molar-refractivity contribution in [1.29, 1.82) is 0 Å². The van der Waals surface area contributed by atoms with Crippen LogP contribution in [0.4, 0.5) is 5.69 Å². The molecule has 1 N–H and O–H groups in total. The number of para-hydroxylation sites is 1. The van der Waals surface area contributed by atoms with E-state index in [-0.39, 0.29) is 0 Å². The fraction of sp³-hybridized carbons (Fsp3) is 0.625. The SMILES string of the molecule is CS(=O)(=O)c1ccccc1N(CC1CCCCN1)C1CC1. The number of piperidine rings is 1. The number of sulfone groups is 1. The molecule has 1 aromatic carbocycles. The van der Waals surface area contributed by atoms with Crippen molar-refractivity contribution in [3.63, 3.8) is 0 Å². The Kier molecular flexibility index (Phi) is 4.22. The second-order valence-electron chi connectivity index (χ2n) is 6.27.